The second kappa shape index (κ2) is 6.34. The van der Waals surface area contributed by atoms with Crippen LogP contribution in [0.3, 0.4) is 0 Å². The molecule has 1 heterocycles. The zero-order chi connectivity index (χ0) is 20.3. The molecule has 0 atom stereocenters. The molecule has 0 bridgehead atoms. The minimum atomic E-state index is -0.0493. The standard InChI is InChI=1S/C29H25N/c1-29(2)25-13-7-8-14-26(25)30(23-17-15-20-9-3-4-11-22(20)19-23)27-18-16-21-10-5-6-12-24(21)28(27)29/h3-4,6-9,11-19H,5,10H2,1-2H3. The predicted octanol–water partition coefficient (Wildman–Crippen LogP) is 7.91. The maximum atomic E-state index is 2.46. The maximum absolute atomic E-state index is 2.46. The molecule has 0 aromatic heterocycles. The van der Waals surface area contributed by atoms with Gasteiger partial charge in [0.15, 0.2) is 0 Å². The molecule has 2 aliphatic rings. The van der Waals surface area contributed by atoms with Crippen molar-refractivity contribution in [2.24, 2.45) is 0 Å². The van der Waals surface area contributed by atoms with Crippen molar-refractivity contribution in [3.8, 4) is 0 Å². The van der Waals surface area contributed by atoms with Gasteiger partial charge in [-0.1, -0.05) is 80.6 Å². The van der Waals surface area contributed by atoms with Crippen LogP contribution < -0.4 is 4.90 Å². The van der Waals surface area contributed by atoms with E-state index in [-0.39, 0.29) is 5.41 Å². The Kier molecular flexibility index (Phi) is 3.70. The van der Waals surface area contributed by atoms with Gasteiger partial charge in [-0.25, -0.2) is 0 Å². The molecule has 1 aliphatic carbocycles. The third-order valence-electron chi connectivity index (χ3n) is 6.85. The van der Waals surface area contributed by atoms with Crippen LogP contribution in [0, 0.1) is 0 Å². The Balaban J connectivity index is 1.68. The largest absolute Gasteiger partial charge is 0.310 e. The molecule has 0 unspecified atom stereocenters. The van der Waals surface area contributed by atoms with Crippen LogP contribution in [0.5, 0.6) is 0 Å². The first-order valence-corrected chi connectivity index (χ1v) is 10.9. The van der Waals surface area contributed by atoms with Crippen LogP contribution in [-0.4, -0.2) is 0 Å². The number of rotatable bonds is 1. The zero-order valence-corrected chi connectivity index (χ0v) is 17.5. The molecule has 0 N–H and O–H groups in total. The van der Waals surface area contributed by atoms with Crippen molar-refractivity contribution in [3.63, 3.8) is 0 Å². The van der Waals surface area contributed by atoms with Gasteiger partial charge in [0.1, 0.15) is 0 Å². The third-order valence-corrected chi connectivity index (χ3v) is 6.85. The van der Waals surface area contributed by atoms with Crippen LogP contribution >= 0.6 is 0 Å². The topological polar surface area (TPSA) is 3.24 Å². The smallest absolute Gasteiger partial charge is 0.0508 e. The van der Waals surface area contributed by atoms with E-state index in [4.69, 9.17) is 0 Å². The average Bonchev–Trinajstić information content (AvgIpc) is 2.79. The van der Waals surface area contributed by atoms with Crippen molar-refractivity contribution < 1.29 is 0 Å². The Hall–Kier alpha value is -3.32. The van der Waals surface area contributed by atoms with E-state index in [2.05, 4.69) is 110 Å². The first-order valence-electron chi connectivity index (χ1n) is 10.9. The maximum Gasteiger partial charge on any atom is 0.0508 e. The Labute approximate surface area is 178 Å². The summed E-state index contributed by atoms with van der Waals surface area (Å²) in [6.07, 6.45) is 6.95. The molecule has 1 aliphatic heterocycles. The summed E-state index contributed by atoms with van der Waals surface area (Å²) in [6, 6.07) is 29.0. The SMILES string of the molecule is CC1(C)c2ccccc2N(c2ccc3ccccc3c2)c2ccc3c(c21)C=CCC3. The number of aryl methyl sites for hydroxylation is 1. The normalized spacial score (nSPS) is 16.1. The molecule has 1 nitrogen and oxygen atoms in total. The number of hydrogen-bond donors (Lipinski definition) is 0. The number of fused-ring (bicyclic) bond motifs is 5. The van der Waals surface area contributed by atoms with Crippen molar-refractivity contribution in [1.82, 2.24) is 0 Å². The summed E-state index contributed by atoms with van der Waals surface area (Å²) < 4.78 is 0. The number of allylic oxidation sites excluding steroid dienone is 1. The van der Waals surface area contributed by atoms with Gasteiger partial charge in [-0.2, -0.15) is 0 Å². The van der Waals surface area contributed by atoms with Crippen molar-refractivity contribution in [2.75, 3.05) is 4.90 Å². The predicted molar refractivity (Wildman–Crippen MR) is 128 cm³/mol. The molecule has 0 fully saturated rings. The highest BCUT2D eigenvalue weighted by molar-refractivity contribution is 5.93. The summed E-state index contributed by atoms with van der Waals surface area (Å²) >= 11 is 0. The molecule has 0 amide bonds. The fourth-order valence-electron chi connectivity index (χ4n) is 5.40. The molecule has 0 radical (unpaired) electrons. The lowest BCUT2D eigenvalue weighted by Gasteiger charge is -2.43. The summed E-state index contributed by atoms with van der Waals surface area (Å²) in [5.74, 6) is 0. The van der Waals surface area contributed by atoms with E-state index in [9.17, 15) is 0 Å². The monoisotopic (exact) mass is 387 g/mol. The summed E-state index contributed by atoms with van der Waals surface area (Å²) in [4.78, 5) is 2.46. The van der Waals surface area contributed by atoms with Crippen LogP contribution in [0.2, 0.25) is 0 Å². The Morgan fingerprint density at radius 1 is 0.767 bits per heavy atom. The van der Waals surface area contributed by atoms with Crippen LogP contribution in [0.4, 0.5) is 17.1 Å². The molecule has 30 heavy (non-hydrogen) atoms. The summed E-state index contributed by atoms with van der Waals surface area (Å²) in [5.41, 5.74) is 9.49. The lowest BCUT2D eigenvalue weighted by atomic mass is 9.70. The van der Waals surface area contributed by atoms with Crippen molar-refractivity contribution in [1.29, 1.82) is 0 Å². The molecule has 0 saturated carbocycles. The molecular formula is C29H25N. The van der Waals surface area contributed by atoms with Gasteiger partial charge in [-0.05, 0) is 70.1 Å². The minimum absolute atomic E-state index is 0.0493. The van der Waals surface area contributed by atoms with E-state index in [1.807, 2.05) is 0 Å². The molecular weight excluding hydrogens is 362 g/mol. The fourth-order valence-corrected chi connectivity index (χ4v) is 5.40. The van der Waals surface area contributed by atoms with Gasteiger partial charge in [0.25, 0.3) is 0 Å². The summed E-state index contributed by atoms with van der Waals surface area (Å²) in [7, 11) is 0. The van der Waals surface area contributed by atoms with E-state index in [1.165, 1.54) is 50.1 Å². The molecule has 1 heteroatoms. The van der Waals surface area contributed by atoms with E-state index >= 15 is 0 Å². The first kappa shape index (κ1) is 17.5. The van der Waals surface area contributed by atoms with Crippen LogP contribution in [0.15, 0.2) is 84.9 Å². The Morgan fingerprint density at radius 2 is 1.57 bits per heavy atom. The average molecular weight is 388 g/mol. The van der Waals surface area contributed by atoms with E-state index < -0.39 is 0 Å². The van der Waals surface area contributed by atoms with Gasteiger partial charge in [0.05, 0.1) is 11.4 Å². The molecule has 6 rings (SSSR count). The van der Waals surface area contributed by atoms with Gasteiger partial charge >= 0.3 is 0 Å². The number of benzene rings is 4. The van der Waals surface area contributed by atoms with Gasteiger partial charge < -0.3 is 4.90 Å². The fraction of sp³-hybridized carbons (Fsp3) is 0.172. The van der Waals surface area contributed by atoms with Gasteiger partial charge in [0, 0.05) is 11.1 Å². The zero-order valence-electron chi connectivity index (χ0n) is 17.5. The summed E-state index contributed by atoms with van der Waals surface area (Å²) in [6.45, 7) is 4.76. The highest BCUT2D eigenvalue weighted by Gasteiger charge is 2.38. The first-order chi connectivity index (χ1) is 14.6. The van der Waals surface area contributed by atoms with Crippen LogP contribution in [0.25, 0.3) is 16.8 Å². The minimum Gasteiger partial charge on any atom is -0.310 e. The second-order valence-corrected chi connectivity index (χ2v) is 8.98. The van der Waals surface area contributed by atoms with Crippen LogP contribution in [0.1, 0.15) is 42.5 Å². The van der Waals surface area contributed by atoms with E-state index in [1.54, 1.807) is 0 Å². The summed E-state index contributed by atoms with van der Waals surface area (Å²) in [5, 5.41) is 2.55. The molecule has 0 saturated heterocycles. The number of para-hydroxylation sites is 1. The van der Waals surface area contributed by atoms with Gasteiger partial charge in [0.2, 0.25) is 0 Å². The van der Waals surface area contributed by atoms with Crippen molar-refractivity contribution >= 4 is 33.9 Å². The van der Waals surface area contributed by atoms with Crippen LogP contribution in [-0.2, 0) is 11.8 Å². The van der Waals surface area contributed by atoms with E-state index in [0.717, 1.165) is 12.8 Å². The molecule has 146 valence electrons. The van der Waals surface area contributed by atoms with Crippen molar-refractivity contribution in [2.45, 2.75) is 32.1 Å². The Morgan fingerprint density at radius 3 is 2.47 bits per heavy atom. The lowest BCUT2D eigenvalue weighted by molar-refractivity contribution is 0.628. The number of anilines is 3. The van der Waals surface area contributed by atoms with Crippen molar-refractivity contribution in [3.05, 3.63) is 107 Å². The third kappa shape index (κ3) is 2.42. The number of hydrogen-bond acceptors (Lipinski definition) is 1. The molecule has 4 aromatic carbocycles. The highest BCUT2D eigenvalue weighted by Crippen LogP contribution is 2.54. The molecule has 4 aromatic rings. The van der Waals surface area contributed by atoms with Gasteiger partial charge in [-0.3, -0.25) is 0 Å². The lowest BCUT2D eigenvalue weighted by Crippen LogP contribution is -2.32. The number of nitrogens with zero attached hydrogens (tertiary/aromatic N) is 1. The molecule has 0 spiro atoms. The highest BCUT2D eigenvalue weighted by atomic mass is 15.2. The van der Waals surface area contributed by atoms with Gasteiger partial charge in [-0.15, -0.1) is 0 Å². The van der Waals surface area contributed by atoms with E-state index in [0.29, 0.717) is 0 Å². The Bertz CT molecular complexity index is 1330. The second-order valence-electron chi connectivity index (χ2n) is 8.98. The quantitative estimate of drug-likeness (QED) is 0.321.